The van der Waals surface area contributed by atoms with Crippen molar-refractivity contribution >= 4 is 5.91 Å². The van der Waals surface area contributed by atoms with Crippen LogP contribution in [0.25, 0.3) is 0 Å². The maximum Gasteiger partial charge on any atom is 0.257 e. The van der Waals surface area contributed by atoms with Gasteiger partial charge in [-0.3, -0.25) is 9.18 Å². The lowest BCUT2D eigenvalue weighted by molar-refractivity contribution is -0.122. The zero-order chi connectivity index (χ0) is 12.6. The van der Waals surface area contributed by atoms with Gasteiger partial charge in [-0.2, -0.15) is 0 Å². The molecule has 6 heteroatoms. The lowest BCUT2D eigenvalue weighted by Gasteiger charge is -2.04. The first-order valence-corrected chi connectivity index (χ1v) is 4.29. The second-order valence-electron chi connectivity index (χ2n) is 2.57. The Bertz CT molecular complexity index is 325. The van der Waals surface area contributed by atoms with Gasteiger partial charge >= 0.3 is 0 Å². The summed E-state index contributed by atoms with van der Waals surface area (Å²) in [7, 11) is 1.94. The molecule has 0 aliphatic rings. The van der Waals surface area contributed by atoms with Crippen LogP contribution in [-0.2, 0) is 4.79 Å². The van der Waals surface area contributed by atoms with Crippen molar-refractivity contribution in [2.24, 2.45) is 0 Å². The third kappa shape index (κ3) is 5.23. The molecule has 0 spiro atoms. The van der Waals surface area contributed by atoms with Gasteiger partial charge in [-0.05, 0) is 0 Å². The fourth-order valence-corrected chi connectivity index (χ4v) is 0.833. The zero-order valence-electron chi connectivity index (χ0n) is 8.89. The molecule has 1 rings (SSSR count). The number of benzene rings is 1. The van der Waals surface area contributed by atoms with E-state index in [0.29, 0.717) is 7.18 Å². The van der Waals surface area contributed by atoms with Crippen LogP contribution < -0.4 is 10.1 Å². The average molecular weight is 235 g/mol. The van der Waals surface area contributed by atoms with Gasteiger partial charge in [0.15, 0.2) is 6.61 Å². The predicted molar refractivity (Wildman–Crippen MR) is 53.0 cm³/mol. The number of nitrogens with one attached hydrogen (secondary N) is 1. The largest absolute Gasteiger partial charge is 0.484 e. The fourth-order valence-electron chi connectivity index (χ4n) is 0.833. The number of likely N-dealkylation sites (N-methyl/N-ethyl adjacent to an activating group) is 1. The molecule has 0 heterocycles. The van der Waals surface area contributed by atoms with Gasteiger partial charge in [-0.15, -0.1) is 0 Å². The van der Waals surface area contributed by atoms with E-state index in [2.05, 4.69) is 5.32 Å². The Labute approximate surface area is 91.2 Å². The standard InChI is InChI=1S/C9H9F2NO2.CH3F/c1-12-9(13)5-14-8-3-6(10)2-7(11)4-8;1-2/h2-4H,5H2,1H3,(H,12,13);1H3. The first-order valence-electron chi connectivity index (χ1n) is 4.29. The molecule has 90 valence electrons. The molecule has 0 unspecified atom stereocenters. The summed E-state index contributed by atoms with van der Waals surface area (Å²) < 4.78 is 39.6. The molecule has 0 aromatic heterocycles. The summed E-state index contributed by atoms with van der Waals surface area (Å²) in [5.74, 6) is -1.85. The number of amides is 1. The number of hydrogen-bond donors (Lipinski definition) is 1. The number of hydrogen-bond acceptors (Lipinski definition) is 2. The van der Waals surface area contributed by atoms with E-state index in [1.54, 1.807) is 0 Å². The molecule has 3 nitrogen and oxygen atoms in total. The van der Waals surface area contributed by atoms with Gasteiger partial charge in [0.25, 0.3) is 5.91 Å². The predicted octanol–water partition coefficient (Wildman–Crippen LogP) is 1.68. The highest BCUT2D eigenvalue weighted by Crippen LogP contribution is 2.14. The van der Waals surface area contributed by atoms with Crippen LogP contribution in [0.4, 0.5) is 13.2 Å². The van der Waals surface area contributed by atoms with Gasteiger partial charge < -0.3 is 10.1 Å². The van der Waals surface area contributed by atoms with Gasteiger partial charge in [-0.1, -0.05) is 0 Å². The number of carbonyl (C=O) groups excluding carboxylic acids is 1. The number of alkyl halides is 1. The first kappa shape index (κ1) is 14.3. The third-order valence-electron chi connectivity index (χ3n) is 1.48. The molecule has 0 aliphatic carbocycles. The number of ether oxygens (including phenoxy) is 1. The molecule has 1 aromatic rings. The van der Waals surface area contributed by atoms with Crippen molar-refractivity contribution < 1.29 is 22.7 Å². The molecule has 1 N–H and O–H groups in total. The highest BCUT2D eigenvalue weighted by atomic mass is 19.1. The summed E-state index contributed by atoms with van der Waals surface area (Å²) >= 11 is 0. The topological polar surface area (TPSA) is 38.3 Å². The normalized spacial score (nSPS) is 8.81. The summed E-state index contributed by atoms with van der Waals surface area (Å²) in [5.41, 5.74) is 0. The molecule has 0 aliphatic heterocycles. The van der Waals surface area contributed by atoms with E-state index < -0.39 is 11.6 Å². The van der Waals surface area contributed by atoms with Crippen LogP contribution >= 0.6 is 0 Å². The van der Waals surface area contributed by atoms with Gasteiger partial charge in [0.1, 0.15) is 17.4 Å². The van der Waals surface area contributed by atoms with Crippen LogP contribution in [-0.4, -0.2) is 26.7 Å². The molecule has 16 heavy (non-hydrogen) atoms. The van der Waals surface area contributed by atoms with Gasteiger partial charge in [-0.25, -0.2) is 8.78 Å². The van der Waals surface area contributed by atoms with E-state index in [0.717, 1.165) is 18.2 Å². The number of halogens is 3. The highest BCUT2D eigenvalue weighted by molar-refractivity contribution is 5.77. The van der Waals surface area contributed by atoms with Crippen LogP contribution in [0.5, 0.6) is 5.75 Å². The van der Waals surface area contributed by atoms with Crippen LogP contribution in [0.3, 0.4) is 0 Å². The van der Waals surface area contributed by atoms with Gasteiger partial charge in [0.05, 0.1) is 7.18 Å². The Morgan fingerprint density at radius 2 is 1.75 bits per heavy atom. The summed E-state index contributed by atoms with van der Waals surface area (Å²) in [5, 5.41) is 2.31. The van der Waals surface area contributed by atoms with Crippen LogP contribution in [0.1, 0.15) is 0 Å². The van der Waals surface area contributed by atoms with Crippen molar-refractivity contribution in [3.63, 3.8) is 0 Å². The molecular formula is C10H12F3NO2. The Kier molecular flexibility index (Phi) is 6.74. The lowest BCUT2D eigenvalue weighted by atomic mass is 10.3. The van der Waals surface area contributed by atoms with Crippen LogP contribution in [0.2, 0.25) is 0 Å². The van der Waals surface area contributed by atoms with E-state index in [1.165, 1.54) is 7.05 Å². The molecule has 0 saturated carbocycles. The second kappa shape index (κ2) is 7.56. The van der Waals surface area contributed by atoms with Crippen molar-refractivity contribution in [2.75, 3.05) is 20.8 Å². The molecular weight excluding hydrogens is 223 g/mol. The van der Waals surface area contributed by atoms with Crippen LogP contribution in [0, 0.1) is 11.6 Å². The number of carbonyl (C=O) groups is 1. The quantitative estimate of drug-likeness (QED) is 0.865. The summed E-state index contributed by atoms with van der Waals surface area (Å²) in [4.78, 5) is 10.7. The maximum absolute atomic E-state index is 12.6. The minimum atomic E-state index is -0.739. The molecule has 0 bridgehead atoms. The Morgan fingerprint density at radius 3 is 2.19 bits per heavy atom. The molecule has 0 atom stereocenters. The van der Waals surface area contributed by atoms with E-state index in [4.69, 9.17) is 4.74 Å². The minimum Gasteiger partial charge on any atom is -0.484 e. The summed E-state index contributed by atoms with van der Waals surface area (Å²) in [6, 6.07) is 2.74. The highest BCUT2D eigenvalue weighted by Gasteiger charge is 2.03. The minimum absolute atomic E-state index is 0.00824. The van der Waals surface area contributed by atoms with E-state index in [9.17, 15) is 18.0 Å². The molecule has 1 aromatic carbocycles. The second-order valence-corrected chi connectivity index (χ2v) is 2.57. The summed E-state index contributed by atoms with van der Waals surface area (Å²) in [6.45, 7) is -0.264. The Morgan fingerprint density at radius 1 is 1.25 bits per heavy atom. The SMILES string of the molecule is CF.CNC(=O)COc1cc(F)cc(F)c1. The molecule has 0 saturated heterocycles. The third-order valence-corrected chi connectivity index (χ3v) is 1.48. The van der Waals surface area contributed by atoms with Crippen molar-refractivity contribution in [3.8, 4) is 5.75 Å². The molecule has 0 radical (unpaired) electrons. The average Bonchev–Trinajstić information content (AvgIpc) is 2.27. The smallest absolute Gasteiger partial charge is 0.257 e. The fraction of sp³-hybridized carbons (Fsp3) is 0.300. The Balaban J connectivity index is 0.00000106. The van der Waals surface area contributed by atoms with E-state index >= 15 is 0 Å². The first-order chi connectivity index (χ1) is 7.61. The van der Waals surface area contributed by atoms with Crippen molar-refractivity contribution in [1.82, 2.24) is 5.32 Å². The monoisotopic (exact) mass is 235 g/mol. The van der Waals surface area contributed by atoms with Crippen LogP contribution in [0.15, 0.2) is 18.2 Å². The zero-order valence-corrected chi connectivity index (χ0v) is 8.89. The van der Waals surface area contributed by atoms with E-state index in [-0.39, 0.29) is 18.3 Å². The van der Waals surface area contributed by atoms with E-state index in [1.807, 2.05) is 0 Å². The van der Waals surface area contributed by atoms with Gasteiger partial charge in [0.2, 0.25) is 0 Å². The van der Waals surface area contributed by atoms with Crippen molar-refractivity contribution in [1.29, 1.82) is 0 Å². The maximum atomic E-state index is 12.6. The number of rotatable bonds is 3. The van der Waals surface area contributed by atoms with Crippen molar-refractivity contribution in [2.45, 2.75) is 0 Å². The molecule has 0 fully saturated rings. The summed E-state index contributed by atoms with van der Waals surface area (Å²) in [6.07, 6.45) is 0. The van der Waals surface area contributed by atoms with Crippen molar-refractivity contribution in [3.05, 3.63) is 29.8 Å². The Hall–Kier alpha value is -1.72. The lowest BCUT2D eigenvalue weighted by Crippen LogP contribution is -2.24. The van der Waals surface area contributed by atoms with Gasteiger partial charge in [0, 0.05) is 25.2 Å². The molecule has 1 amide bonds.